The topological polar surface area (TPSA) is 46.6 Å². The Morgan fingerprint density at radius 2 is 1.97 bits per heavy atom. The van der Waals surface area contributed by atoms with Crippen molar-refractivity contribution in [2.45, 2.75) is 65.2 Å². The molecule has 0 radical (unpaired) electrons. The van der Waals surface area contributed by atoms with Crippen LogP contribution >= 0.6 is 0 Å². The van der Waals surface area contributed by atoms with Crippen LogP contribution < -0.4 is 0 Å². The van der Waals surface area contributed by atoms with Crippen LogP contribution in [0.25, 0.3) is 0 Å². The lowest BCUT2D eigenvalue weighted by Crippen LogP contribution is -2.53. The second-order valence-electron chi connectivity index (χ2n) is 10.7. The SMILES string of the molecule is COC(=O)C=C1CC[C@H]2[C@@H]3CC=C4C=C(N5CCCC5)CC[C@]4(C)[C@H]3C(=O)C[C@]12C. The normalized spacial score (nSPS) is 41.7. The van der Waals surface area contributed by atoms with Gasteiger partial charge in [0, 0.05) is 42.6 Å². The maximum Gasteiger partial charge on any atom is 0.330 e. The van der Waals surface area contributed by atoms with Crippen LogP contribution in [-0.2, 0) is 14.3 Å². The fourth-order valence-electron chi connectivity index (χ4n) is 7.69. The fraction of sp³-hybridized carbons (Fsp3) is 0.692. The zero-order chi connectivity index (χ0) is 21.1. The Bertz CT molecular complexity index is 862. The van der Waals surface area contributed by atoms with Crippen molar-refractivity contribution >= 4 is 11.8 Å². The average molecular weight is 410 g/mol. The largest absolute Gasteiger partial charge is 0.466 e. The van der Waals surface area contributed by atoms with Crippen molar-refractivity contribution in [1.29, 1.82) is 0 Å². The smallest absolute Gasteiger partial charge is 0.330 e. The van der Waals surface area contributed by atoms with Gasteiger partial charge in [0.2, 0.25) is 0 Å². The standard InChI is InChI=1S/C26H35NO3/c1-25-11-10-19(27-12-4-5-13-27)14-17(25)6-8-20-21-9-7-18(15-23(29)30-3)26(21,2)16-22(28)24(20)25/h6,14-15,20-21,24H,4-5,7-13,16H2,1-3H3/t20-,21-,24+,25-,26+/m0/s1. The van der Waals surface area contributed by atoms with Gasteiger partial charge < -0.3 is 9.64 Å². The Morgan fingerprint density at radius 3 is 2.70 bits per heavy atom. The summed E-state index contributed by atoms with van der Waals surface area (Å²) >= 11 is 0. The molecule has 5 atom stereocenters. The summed E-state index contributed by atoms with van der Waals surface area (Å²) in [6.45, 7) is 6.96. The van der Waals surface area contributed by atoms with Gasteiger partial charge in [0.1, 0.15) is 5.78 Å². The van der Waals surface area contributed by atoms with Gasteiger partial charge in [-0.3, -0.25) is 4.79 Å². The summed E-state index contributed by atoms with van der Waals surface area (Å²) in [5, 5.41) is 0. The van der Waals surface area contributed by atoms with Gasteiger partial charge in [0.25, 0.3) is 0 Å². The molecule has 1 heterocycles. The Morgan fingerprint density at radius 1 is 1.20 bits per heavy atom. The third-order valence-electron chi connectivity index (χ3n) is 9.29. The molecule has 30 heavy (non-hydrogen) atoms. The van der Waals surface area contributed by atoms with Gasteiger partial charge in [0.15, 0.2) is 0 Å². The number of hydrogen-bond acceptors (Lipinski definition) is 4. The maximum absolute atomic E-state index is 13.7. The summed E-state index contributed by atoms with van der Waals surface area (Å²) in [7, 11) is 1.43. The molecule has 4 nitrogen and oxygen atoms in total. The molecule has 162 valence electrons. The predicted molar refractivity (Wildman–Crippen MR) is 116 cm³/mol. The zero-order valence-electron chi connectivity index (χ0n) is 18.7. The number of fused-ring (bicyclic) bond motifs is 5. The highest BCUT2D eigenvalue weighted by molar-refractivity contribution is 5.87. The molecule has 4 heteroatoms. The highest BCUT2D eigenvalue weighted by Gasteiger charge is 2.60. The fourth-order valence-corrected chi connectivity index (χ4v) is 7.69. The minimum absolute atomic E-state index is 0.0284. The molecule has 3 fully saturated rings. The lowest BCUT2D eigenvalue weighted by molar-refractivity contribution is -0.140. The first kappa shape index (κ1) is 20.1. The lowest BCUT2D eigenvalue weighted by Gasteiger charge is -2.55. The first-order valence-electron chi connectivity index (χ1n) is 11.8. The molecule has 4 aliphatic carbocycles. The van der Waals surface area contributed by atoms with Crippen molar-refractivity contribution in [3.8, 4) is 0 Å². The maximum atomic E-state index is 13.7. The Kier molecular flexibility index (Phi) is 4.75. The molecule has 0 aromatic heterocycles. The highest BCUT2D eigenvalue weighted by atomic mass is 16.5. The molecule has 0 aromatic carbocycles. The molecule has 5 aliphatic rings. The van der Waals surface area contributed by atoms with E-state index in [0.717, 1.165) is 37.7 Å². The number of ketones is 1. The molecule has 1 saturated heterocycles. The van der Waals surface area contributed by atoms with Crippen LogP contribution in [0.4, 0.5) is 0 Å². The molecule has 1 aliphatic heterocycles. The molecule has 0 N–H and O–H groups in total. The van der Waals surface area contributed by atoms with Gasteiger partial charge in [-0.05, 0) is 73.8 Å². The molecular weight excluding hydrogens is 374 g/mol. The number of rotatable bonds is 2. The molecule has 0 spiro atoms. The van der Waals surface area contributed by atoms with Gasteiger partial charge in [-0.2, -0.15) is 0 Å². The third-order valence-corrected chi connectivity index (χ3v) is 9.29. The van der Waals surface area contributed by atoms with Crippen molar-refractivity contribution in [3.05, 3.63) is 35.1 Å². The van der Waals surface area contributed by atoms with E-state index in [1.54, 1.807) is 6.08 Å². The molecule has 0 amide bonds. The quantitative estimate of drug-likeness (QED) is 0.485. The molecule has 0 aromatic rings. The van der Waals surface area contributed by atoms with Crippen LogP contribution in [0.2, 0.25) is 0 Å². The summed E-state index contributed by atoms with van der Waals surface area (Å²) in [5.41, 5.74) is 3.83. The van der Waals surface area contributed by atoms with E-state index in [1.165, 1.54) is 44.3 Å². The number of carbonyl (C=O) groups is 2. The van der Waals surface area contributed by atoms with E-state index in [4.69, 9.17) is 4.74 Å². The summed E-state index contributed by atoms with van der Waals surface area (Å²) in [6.07, 6.45) is 14.9. The minimum Gasteiger partial charge on any atom is -0.466 e. The molecule has 5 rings (SSSR count). The Labute approximate surface area is 180 Å². The summed E-state index contributed by atoms with van der Waals surface area (Å²) in [4.78, 5) is 28.2. The van der Waals surface area contributed by atoms with Gasteiger partial charge in [-0.25, -0.2) is 4.79 Å². The van der Waals surface area contributed by atoms with E-state index in [-0.39, 0.29) is 22.7 Å². The van der Waals surface area contributed by atoms with Gasteiger partial charge in [-0.15, -0.1) is 0 Å². The van der Waals surface area contributed by atoms with Crippen LogP contribution in [0, 0.1) is 28.6 Å². The van der Waals surface area contributed by atoms with E-state index in [1.807, 2.05) is 0 Å². The van der Waals surface area contributed by atoms with Crippen molar-refractivity contribution in [2.75, 3.05) is 20.2 Å². The number of esters is 1. The van der Waals surface area contributed by atoms with E-state index in [0.29, 0.717) is 24.0 Å². The summed E-state index contributed by atoms with van der Waals surface area (Å²) < 4.78 is 4.89. The number of Topliss-reactive ketones (excluding diaryl/α,β-unsaturated/α-hetero) is 1. The van der Waals surface area contributed by atoms with Crippen LogP contribution in [-0.4, -0.2) is 36.9 Å². The number of carbonyl (C=O) groups excluding carboxylic acids is 2. The molecule has 2 saturated carbocycles. The van der Waals surface area contributed by atoms with E-state index in [2.05, 4.69) is 30.9 Å². The van der Waals surface area contributed by atoms with Gasteiger partial charge >= 0.3 is 5.97 Å². The first-order valence-corrected chi connectivity index (χ1v) is 11.8. The zero-order valence-corrected chi connectivity index (χ0v) is 18.7. The first-order chi connectivity index (χ1) is 14.4. The van der Waals surface area contributed by atoms with E-state index >= 15 is 0 Å². The number of nitrogens with zero attached hydrogens (tertiary/aromatic N) is 1. The number of hydrogen-bond donors (Lipinski definition) is 0. The second kappa shape index (κ2) is 7.10. The van der Waals surface area contributed by atoms with Crippen molar-refractivity contribution < 1.29 is 14.3 Å². The Balaban J connectivity index is 1.48. The number of methoxy groups -OCH3 is 1. The summed E-state index contributed by atoms with van der Waals surface area (Å²) in [6, 6.07) is 0. The number of ether oxygens (including phenoxy) is 1. The summed E-state index contributed by atoms with van der Waals surface area (Å²) in [5.74, 6) is 1.14. The molecule has 0 unspecified atom stereocenters. The van der Waals surface area contributed by atoms with Crippen LogP contribution in [0.15, 0.2) is 35.1 Å². The van der Waals surface area contributed by atoms with Gasteiger partial charge in [-0.1, -0.05) is 25.5 Å². The van der Waals surface area contributed by atoms with Crippen LogP contribution in [0.3, 0.4) is 0 Å². The predicted octanol–water partition coefficient (Wildman–Crippen LogP) is 4.82. The average Bonchev–Trinajstić information content (AvgIpc) is 3.35. The van der Waals surface area contributed by atoms with Crippen molar-refractivity contribution in [1.82, 2.24) is 4.90 Å². The second-order valence-corrected chi connectivity index (χ2v) is 10.7. The minimum atomic E-state index is -0.286. The van der Waals surface area contributed by atoms with Gasteiger partial charge in [0.05, 0.1) is 7.11 Å². The van der Waals surface area contributed by atoms with Crippen molar-refractivity contribution in [2.24, 2.45) is 28.6 Å². The highest BCUT2D eigenvalue weighted by Crippen LogP contribution is 2.64. The number of allylic oxidation sites excluding steroid dienone is 5. The monoisotopic (exact) mass is 409 g/mol. The Hall–Kier alpha value is -1.84. The molecule has 0 bridgehead atoms. The van der Waals surface area contributed by atoms with Crippen LogP contribution in [0.1, 0.15) is 65.2 Å². The van der Waals surface area contributed by atoms with E-state index in [9.17, 15) is 9.59 Å². The lowest BCUT2D eigenvalue weighted by atomic mass is 9.48. The van der Waals surface area contributed by atoms with Crippen molar-refractivity contribution in [3.63, 3.8) is 0 Å². The van der Waals surface area contributed by atoms with Crippen LogP contribution in [0.5, 0.6) is 0 Å². The third kappa shape index (κ3) is 2.85. The molecular formula is C26H35NO3. The number of likely N-dealkylation sites (tertiary alicyclic amines) is 1. The van der Waals surface area contributed by atoms with E-state index < -0.39 is 0 Å².